The van der Waals surface area contributed by atoms with Gasteiger partial charge in [0.1, 0.15) is 5.75 Å². The maximum atomic E-state index is 12.0. The summed E-state index contributed by atoms with van der Waals surface area (Å²) in [6.07, 6.45) is 0.377. The number of aromatic hydroxyl groups is 1. The summed E-state index contributed by atoms with van der Waals surface area (Å²) in [4.78, 5) is 12.0. The molecule has 2 aromatic rings. The van der Waals surface area contributed by atoms with Crippen LogP contribution in [0.25, 0.3) is 0 Å². The van der Waals surface area contributed by atoms with Crippen molar-refractivity contribution in [3.63, 3.8) is 0 Å². The maximum Gasteiger partial charge on any atom is 0.241 e. The summed E-state index contributed by atoms with van der Waals surface area (Å²) >= 11 is 0. The molecule has 106 valence electrons. The van der Waals surface area contributed by atoms with Crippen molar-refractivity contribution in [2.24, 2.45) is 5.73 Å². The SMILES string of the molecule is N#Cc1ccc(NC(=O)[C@@H](N)Cc2ccc(O)cc2)cc1. The number of nitrogens with two attached hydrogens (primary N) is 1. The molecule has 0 aliphatic rings. The zero-order valence-corrected chi connectivity index (χ0v) is 11.3. The van der Waals surface area contributed by atoms with Crippen molar-refractivity contribution in [2.45, 2.75) is 12.5 Å². The van der Waals surface area contributed by atoms with Gasteiger partial charge >= 0.3 is 0 Å². The van der Waals surface area contributed by atoms with Crippen molar-refractivity contribution >= 4 is 11.6 Å². The van der Waals surface area contributed by atoms with E-state index in [1.807, 2.05) is 6.07 Å². The van der Waals surface area contributed by atoms with Gasteiger partial charge in [0.2, 0.25) is 5.91 Å². The fourth-order valence-electron chi connectivity index (χ4n) is 1.84. The Kier molecular flexibility index (Phi) is 4.54. The van der Waals surface area contributed by atoms with E-state index in [1.165, 1.54) is 0 Å². The summed E-state index contributed by atoms with van der Waals surface area (Å²) in [6, 6.07) is 14.5. The smallest absolute Gasteiger partial charge is 0.241 e. The molecule has 1 amide bonds. The summed E-state index contributed by atoms with van der Waals surface area (Å²) in [5.74, 6) is -0.123. The van der Waals surface area contributed by atoms with Gasteiger partial charge in [0.25, 0.3) is 0 Å². The van der Waals surface area contributed by atoms with E-state index in [1.54, 1.807) is 48.5 Å². The van der Waals surface area contributed by atoms with Crippen molar-refractivity contribution in [2.75, 3.05) is 5.32 Å². The lowest BCUT2D eigenvalue weighted by molar-refractivity contribution is -0.117. The third-order valence-electron chi connectivity index (χ3n) is 3.01. The number of benzene rings is 2. The van der Waals surface area contributed by atoms with E-state index in [9.17, 15) is 9.90 Å². The number of nitrogens with one attached hydrogen (secondary N) is 1. The Morgan fingerprint density at radius 1 is 1.19 bits per heavy atom. The third-order valence-corrected chi connectivity index (χ3v) is 3.01. The van der Waals surface area contributed by atoms with E-state index in [2.05, 4.69) is 5.32 Å². The minimum absolute atomic E-state index is 0.175. The zero-order valence-electron chi connectivity index (χ0n) is 11.3. The van der Waals surface area contributed by atoms with Crippen molar-refractivity contribution in [3.8, 4) is 11.8 Å². The summed E-state index contributed by atoms with van der Waals surface area (Å²) in [5.41, 5.74) is 7.86. The van der Waals surface area contributed by atoms with Gasteiger partial charge in [-0.3, -0.25) is 4.79 Å². The van der Waals surface area contributed by atoms with Crippen molar-refractivity contribution < 1.29 is 9.90 Å². The molecule has 0 saturated heterocycles. The lowest BCUT2D eigenvalue weighted by Gasteiger charge is -2.12. The molecule has 1 atom stereocenters. The van der Waals surface area contributed by atoms with E-state index in [0.717, 1.165) is 5.56 Å². The number of nitrogens with zero attached hydrogens (tertiary/aromatic N) is 1. The summed E-state index contributed by atoms with van der Waals surface area (Å²) in [7, 11) is 0. The average molecular weight is 281 g/mol. The van der Waals surface area contributed by atoms with Gasteiger partial charge in [-0.05, 0) is 48.4 Å². The first-order valence-electron chi connectivity index (χ1n) is 6.43. The van der Waals surface area contributed by atoms with Crippen LogP contribution in [0.5, 0.6) is 5.75 Å². The highest BCUT2D eigenvalue weighted by Crippen LogP contribution is 2.12. The van der Waals surface area contributed by atoms with Crippen molar-refractivity contribution in [1.29, 1.82) is 5.26 Å². The lowest BCUT2D eigenvalue weighted by Crippen LogP contribution is -2.37. The highest BCUT2D eigenvalue weighted by atomic mass is 16.3. The third kappa shape index (κ3) is 4.06. The van der Waals surface area contributed by atoms with E-state index in [-0.39, 0.29) is 11.7 Å². The summed E-state index contributed by atoms with van der Waals surface area (Å²) in [5, 5.41) is 20.6. The largest absolute Gasteiger partial charge is 0.508 e. The van der Waals surface area contributed by atoms with Crippen LogP contribution in [-0.4, -0.2) is 17.1 Å². The normalized spacial score (nSPS) is 11.4. The van der Waals surface area contributed by atoms with Gasteiger partial charge in [0.05, 0.1) is 17.7 Å². The second-order valence-corrected chi connectivity index (χ2v) is 4.66. The fourth-order valence-corrected chi connectivity index (χ4v) is 1.84. The van der Waals surface area contributed by atoms with E-state index >= 15 is 0 Å². The zero-order chi connectivity index (χ0) is 15.2. The maximum absolute atomic E-state index is 12.0. The minimum atomic E-state index is -0.690. The first kappa shape index (κ1) is 14.6. The Hall–Kier alpha value is -2.84. The number of phenols is 1. The number of hydrogen-bond acceptors (Lipinski definition) is 4. The van der Waals surface area contributed by atoms with Gasteiger partial charge in [0.15, 0.2) is 0 Å². The summed E-state index contributed by atoms with van der Waals surface area (Å²) < 4.78 is 0. The van der Waals surface area contributed by atoms with Crippen molar-refractivity contribution in [3.05, 3.63) is 59.7 Å². The van der Waals surface area contributed by atoms with Crippen LogP contribution >= 0.6 is 0 Å². The second-order valence-electron chi connectivity index (χ2n) is 4.66. The van der Waals surface area contributed by atoms with Crippen LogP contribution in [-0.2, 0) is 11.2 Å². The number of carbonyl (C=O) groups is 1. The molecule has 5 nitrogen and oxygen atoms in total. The molecule has 0 saturated carbocycles. The van der Waals surface area contributed by atoms with Gasteiger partial charge in [-0.2, -0.15) is 5.26 Å². The molecular weight excluding hydrogens is 266 g/mol. The molecule has 0 unspecified atom stereocenters. The monoisotopic (exact) mass is 281 g/mol. The molecule has 2 rings (SSSR count). The first-order valence-corrected chi connectivity index (χ1v) is 6.43. The molecule has 0 aliphatic heterocycles. The van der Waals surface area contributed by atoms with E-state index in [0.29, 0.717) is 17.7 Å². The van der Waals surface area contributed by atoms with Crippen LogP contribution < -0.4 is 11.1 Å². The first-order chi connectivity index (χ1) is 10.1. The van der Waals surface area contributed by atoms with Crippen LogP contribution in [0.1, 0.15) is 11.1 Å². The molecule has 21 heavy (non-hydrogen) atoms. The molecule has 5 heteroatoms. The van der Waals surface area contributed by atoms with Crippen LogP contribution in [0, 0.1) is 11.3 Å². The minimum Gasteiger partial charge on any atom is -0.508 e. The molecule has 0 aromatic heterocycles. The lowest BCUT2D eigenvalue weighted by atomic mass is 10.1. The Balaban J connectivity index is 1.95. The Morgan fingerprint density at radius 3 is 2.38 bits per heavy atom. The van der Waals surface area contributed by atoms with Crippen LogP contribution in [0.2, 0.25) is 0 Å². The Morgan fingerprint density at radius 2 is 1.81 bits per heavy atom. The quantitative estimate of drug-likeness (QED) is 0.795. The van der Waals surface area contributed by atoms with Gasteiger partial charge in [0, 0.05) is 5.69 Å². The van der Waals surface area contributed by atoms with Crippen molar-refractivity contribution in [1.82, 2.24) is 0 Å². The number of phenolic OH excluding ortho intramolecular Hbond substituents is 1. The number of anilines is 1. The highest BCUT2D eigenvalue weighted by Gasteiger charge is 2.14. The molecule has 2 aromatic carbocycles. The van der Waals surface area contributed by atoms with Crippen LogP contribution in [0.15, 0.2) is 48.5 Å². The number of amides is 1. The molecule has 0 bridgehead atoms. The van der Waals surface area contributed by atoms with Gasteiger partial charge in [-0.25, -0.2) is 0 Å². The van der Waals surface area contributed by atoms with Gasteiger partial charge in [-0.15, -0.1) is 0 Å². The molecule has 0 spiro atoms. The molecule has 0 fully saturated rings. The molecular formula is C16H15N3O2. The number of hydrogen-bond donors (Lipinski definition) is 3. The van der Waals surface area contributed by atoms with Crippen LogP contribution in [0.4, 0.5) is 5.69 Å². The average Bonchev–Trinajstić information content (AvgIpc) is 2.50. The topological polar surface area (TPSA) is 99.1 Å². The molecule has 0 aliphatic carbocycles. The number of nitriles is 1. The number of rotatable bonds is 4. The van der Waals surface area contributed by atoms with Crippen LogP contribution in [0.3, 0.4) is 0 Å². The number of carbonyl (C=O) groups excluding carboxylic acids is 1. The standard InChI is InChI=1S/C16H15N3O2/c17-10-12-1-5-13(6-2-12)19-16(21)15(18)9-11-3-7-14(20)8-4-11/h1-8,15,20H,9,18H2,(H,19,21)/t15-/m0/s1. The molecule has 0 heterocycles. The summed E-state index contributed by atoms with van der Waals surface area (Å²) in [6.45, 7) is 0. The second kappa shape index (κ2) is 6.55. The Labute approximate surface area is 122 Å². The molecule has 0 radical (unpaired) electrons. The highest BCUT2D eigenvalue weighted by molar-refractivity contribution is 5.94. The van der Waals surface area contributed by atoms with E-state index < -0.39 is 6.04 Å². The fraction of sp³-hybridized carbons (Fsp3) is 0.125. The predicted octanol–water partition coefficient (Wildman–Crippen LogP) is 1.77. The predicted molar refractivity (Wildman–Crippen MR) is 79.6 cm³/mol. The Bertz CT molecular complexity index is 657. The molecule has 4 N–H and O–H groups in total. The van der Waals surface area contributed by atoms with Gasteiger partial charge < -0.3 is 16.2 Å². The van der Waals surface area contributed by atoms with E-state index in [4.69, 9.17) is 11.0 Å². The van der Waals surface area contributed by atoms with Gasteiger partial charge in [-0.1, -0.05) is 12.1 Å².